The summed E-state index contributed by atoms with van der Waals surface area (Å²) in [5, 5.41) is 11.9. The SMILES string of the molecule is N=C(N)N=C1NC(=O)C(CC(=O)Nc2ccccc2)S1. The average molecular weight is 291 g/mol. The van der Waals surface area contributed by atoms with Gasteiger partial charge < -0.3 is 16.4 Å². The van der Waals surface area contributed by atoms with E-state index in [9.17, 15) is 9.59 Å². The molecule has 7 nitrogen and oxygen atoms in total. The average Bonchev–Trinajstić information content (AvgIpc) is 2.69. The van der Waals surface area contributed by atoms with Crippen LogP contribution in [0.15, 0.2) is 35.3 Å². The van der Waals surface area contributed by atoms with Crippen molar-refractivity contribution >= 4 is 40.4 Å². The van der Waals surface area contributed by atoms with Gasteiger partial charge >= 0.3 is 0 Å². The summed E-state index contributed by atoms with van der Waals surface area (Å²) >= 11 is 1.09. The second-order valence-corrected chi connectivity index (χ2v) is 5.21. The lowest BCUT2D eigenvalue weighted by molar-refractivity contribution is -0.122. The predicted molar refractivity (Wildman–Crippen MR) is 78.6 cm³/mol. The molecule has 1 aromatic rings. The van der Waals surface area contributed by atoms with Crippen LogP contribution < -0.4 is 16.4 Å². The Bertz CT molecular complexity index is 572. The van der Waals surface area contributed by atoms with E-state index in [1.807, 2.05) is 18.2 Å². The van der Waals surface area contributed by atoms with Crippen molar-refractivity contribution in [1.29, 1.82) is 5.41 Å². The Balaban J connectivity index is 1.92. The van der Waals surface area contributed by atoms with Gasteiger partial charge in [0.15, 0.2) is 5.17 Å². The maximum atomic E-state index is 11.8. The molecule has 0 radical (unpaired) electrons. The van der Waals surface area contributed by atoms with Crippen LogP contribution in [0.1, 0.15) is 6.42 Å². The normalized spacial score (nSPS) is 19.7. The van der Waals surface area contributed by atoms with E-state index in [0.717, 1.165) is 11.8 Å². The first-order valence-electron chi connectivity index (χ1n) is 5.80. The van der Waals surface area contributed by atoms with Gasteiger partial charge in [-0.2, -0.15) is 4.99 Å². The van der Waals surface area contributed by atoms with Gasteiger partial charge in [0.05, 0.1) is 0 Å². The van der Waals surface area contributed by atoms with Gasteiger partial charge in [0.2, 0.25) is 17.8 Å². The smallest absolute Gasteiger partial charge is 0.240 e. The molecule has 1 unspecified atom stereocenters. The second-order valence-electron chi connectivity index (χ2n) is 4.02. The van der Waals surface area contributed by atoms with Crippen molar-refractivity contribution in [2.24, 2.45) is 10.7 Å². The van der Waals surface area contributed by atoms with Crippen molar-refractivity contribution in [3.8, 4) is 0 Å². The third-order valence-corrected chi connectivity index (χ3v) is 3.51. The first-order chi connectivity index (χ1) is 9.54. The number of rotatable bonds is 3. The van der Waals surface area contributed by atoms with Gasteiger partial charge in [-0.1, -0.05) is 30.0 Å². The molecule has 1 aliphatic heterocycles. The van der Waals surface area contributed by atoms with Crippen molar-refractivity contribution < 1.29 is 9.59 Å². The molecule has 5 N–H and O–H groups in total. The largest absolute Gasteiger partial charge is 0.368 e. The minimum absolute atomic E-state index is 0.0301. The number of para-hydroxylation sites is 1. The van der Waals surface area contributed by atoms with Gasteiger partial charge in [-0.25, -0.2) is 0 Å². The van der Waals surface area contributed by atoms with Crippen molar-refractivity contribution in [2.45, 2.75) is 11.7 Å². The Morgan fingerprint density at radius 3 is 2.80 bits per heavy atom. The summed E-state index contributed by atoms with van der Waals surface area (Å²) in [4.78, 5) is 27.1. The molecule has 0 bridgehead atoms. The summed E-state index contributed by atoms with van der Waals surface area (Å²) in [6, 6.07) is 9.00. The number of nitrogens with one attached hydrogen (secondary N) is 3. The summed E-state index contributed by atoms with van der Waals surface area (Å²) in [5.74, 6) is -0.951. The van der Waals surface area contributed by atoms with Crippen LogP contribution in [-0.4, -0.2) is 28.2 Å². The molecule has 8 heteroatoms. The predicted octanol–water partition coefficient (Wildman–Crippen LogP) is 0.496. The molecule has 0 spiro atoms. The third-order valence-electron chi connectivity index (χ3n) is 2.43. The molecule has 2 rings (SSSR count). The number of hydrogen-bond donors (Lipinski definition) is 4. The molecule has 1 atom stereocenters. The molecule has 1 saturated heterocycles. The van der Waals surface area contributed by atoms with Crippen LogP contribution in [0.5, 0.6) is 0 Å². The van der Waals surface area contributed by atoms with Crippen LogP contribution >= 0.6 is 11.8 Å². The van der Waals surface area contributed by atoms with Crippen LogP contribution in [0.25, 0.3) is 0 Å². The van der Waals surface area contributed by atoms with Gasteiger partial charge in [0.1, 0.15) is 5.25 Å². The van der Waals surface area contributed by atoms with E-state index >= 15 is 0 Å². The molecule has 1 aliphatic rings. The topological polar surface area (TPSA) is 120 Å². The van der Waals surface area contributed by atoms with E-state index in [-0.39, 0.29) is 29.4 Å². The van der Waals surface area contributed by atoms with Gasteiger partial charge in [0, 0.05) is 12.1 Å². The van der Waals surface area contributed by atoms with E-state index < -0.39 is 5.25 Å². The summed E-state index contributed by atoms with van der Waals surface area (Å²) in [7, 11) is 0. The highest BCUT2D eigenvalue weighted by atomic mass is 32.2. The highest BCUT2D eigenvalue weighted by molar-refractivity contribution is 8.15. The Morgan fingerprint density at radius 1 is 1.45 bits per heavy atom. The molecule has 104 valence electrons. The maximum Gasteiger partial charge on any atom is 0.240 e. The van der Waals surface area contributed by atoms with Gasteiger partial charge in [-0.3, -0.25) is 15.0 Å². The zero-order chi connectivity index (χ0) is 14.5. The number of nitrogens with zero attached hydrogens (tertiary/aromatic N) is 1. The van der Waals surface area contributed by atoms with Gasteiger partial charge in [-0.15, -0.1) is 0 Å². The van der Waals surface area contributed by atoms with Crippen molar-refractivity contribution in [2.75, 3.05) is 5.32 Å². The lowest BCUT2D eigenvalue weighted by atomic mass is 10.2. The summed E-state index contributed by atoms with van der Waals surface area (Å²) in [6.07, 6.45) is 0.0301. The summed E-state index contributed by atoms with van der Waals surface area (Å²) in [6.45, 7) is 0. The van der Waals surface area contributed by atoms with Crippen LogP contribution in [0, 0.1) is 5.41 Å². The Labute approximate surface area is 119 Å². The van der Waals surface area contributed by atoms with Gasteiger partial charge in [-0.05, 0) is 12.1 Å². The molecule has 0 saturated carbocycles. The third kappa shape index (κ3) is 3.82. The standard InChI is InChI=1S/C12H13N5O2S/c13-11(14)17-12-16-10(19)8(20-12)6-9(18)15-7-4-2-1-3-5-7/h1-5,8H,6H2,(H,15,18)(H4,13,14,16,17,19). The van der Waals surface area contributed by atoms with E-state index in [0.29, 0.717) is 5.69 Å². The van der Waals surface area contributed by atoms with Crippen LogP contribution in [-0.2, 0) is 9.59 Å². The van der Waals surface area contributed by atoms with Crippen molar-refractivity contribution in [3.05, 3.63) is 30.3 Å². The van der Waals surface area contributed by atoms with E-state index in [1.165, 1.54) is 0 Å². The zero-order valence-electron chi connectivity index (χ0n) is 10.4. The number of hydrogen-bond acceptors (Lipinski definition) is 4. The highest BCUT2D eigenvalue weighted by Gasteiger charge is 2.32. The van der Waals surface area contributed by atoms with Gasteiger partial charge in [0.25, 0.3) is 0 Å². The zero-order valence-corrected chi connectivity index (χ0v) is 11.2. The van der Waals surface area contributed by atoms with Crippen molar-refractivity contribution in [1.82, 2.24) is 5.32 Å². The quantitative estimate of drug-likeness (QED) is 0.478. The Morgan fingerprint density at radius 2 is 2.15 bits per heavy atom. The number of amidine groups is 1. The van der Waals surface area contributed by atoms with E-state index in [2.05, 4.69) is 15.6 Å². The van der Waals surface area contributed by atoms with Crippen molar-refractivity contribution in [3.63, 3.8) is 0 Å². The number of guanidine groups is 1. The minimum Gasteiger partial charge on any atom is -0.368 e. The summed E-state index contributed by atoms with van der Waals surface area (Å²) in [5.41, 5.74) is 5.80. The fourth-order valence-corrected chi connectivity index (χ4v) is 2.58. The number of carbonyl (C=O) groups is 2. The van der Waals surface area contributed by atoms with Crippen LogP contribution in [0.3, 0.4) is 0 Å². The first kappa shape index (κ1) is 14.1. The lowest BCUT2D eigenvalue weighted by Crippen LogP contribution is -2.28. The Hall–Kier alpha value is -2.35. The lowest BCUT2D eigenvalue weighted by Gasteiger charge is -2.06. The first-order valence-corrected chi connectivity index (χ1v) is 6.67. The monoisotopic (exact) mass is 291 g/mol. The number of aliphatic imine (C=N–C) groups is 1. The van der Waals surface area contributed by atoms with Crippen LogP contribution in [0.2, 0.25) is 0 Å². The number of amides is 2. The fraction of sp³-hybridized carbons (Fsp3) is 0.167. The molecular weight excluding hydrogens is 278 g/mol. The molecule has 1 fully saturated rings. The molecule has 1 heterocycles. The molecule has 0 aromatic heterocycles. The number of carbonyl (C=O) groups excluding carboxylic acids is 2. The molecule has 2 amide bonds. The molecule has 20 heavy (non-hydrogen) atoms. The molecule has 0 aliphatic carbocycles. The fourth-order valence-electron chi connectivity index (χ4n) is 1.60. The second kappa shape index (κ2) is 6.20. The number of benzene rings is 1. The number of thioether (sulfide) groups is 1. The minimum atomic E-state index is -0.559. The Kier molecular flexibility index (Phi) is 4.36. The van der Waals surface area contributed by atoms with E-state index in [1.54, 1.807) is 12.1 Å². The number of nitrogens with two attached hydrogens (primary N) is 1. The number of anilines is 1. The van der Waals surface area contributed by atoms with E-state index in [4.69, 9.17) is 11.1 Å². The molecular formula is C12H13N5O2S. The summed E-state index contributed by atoms with van der Waals surface area (Å²) < 4.78 is 0. The highest BCUT2D eigenvalue weighted by Crippen LogP contribution is 2.22. The van der Waals surface area contributed by atoms with Crippen LogP contribution in [0.4, 0.5) is 5.69 Å². The maximum absolute atomic E-state index is 11.8. The molecule has 1 aromatic carbocycles.